The topological polar surface area (TPSA) is 16.4 Å². The fourth-order valence-electron chi connectivity index (χ4n) is 7.93. The van der Waals surface area contributed by atoms with Crippen LogP contribution < -0.4 is 4.90 Å². The molecule has 0 bridgehead atoms. The number of fused-ring (bicyclic) bond motifs is 6. The third-order valence-corrected chi connectivity index (χ3v) is 10.3. The molecule has 0 aliphatic heterocycles. The van der Waals surface area contributed by atoms with E-state index in [1.54, 1.807) is 0 Å². The van der Waals surface area contributed by atoms with Crippen LogP contribution in [-0.4, -0.2) is 0 Å². The summed E-state index contributed by atoms with van der Waals surface area (Å²) in [5, 5.41) is 7.12. The van der Waals surface area contributed by atoms with Gasteiger partial charge in [0, 0.05) is 16.6 Å². The summed E-state index contributed by atoms with van der Waals surface area (Å²) in [5.74, 6) is 0. The van der Waals surface area contributed by atoms with Gasteiger partial charge in [0.15, 0.2) is 0 Å². The summed E-state index contributed by atoms with van der Waals surface area (Å²) in [5.41, 5.74) is 12.1. The van der Waals surface area contributed by atoms with Crippen molar-refractivity contribution in [2.45, 2.75) is 0 Å². The van der Waals surface area contributed by atoms with Crippen molar-refractivity contribution in [1.82, 2.24) is 0 Å². The predicted octanol–water partition coefficient (Wildman–Crippen LogP) is 14.4. The Hall–Kier alpha value is -6.90. The molecule has 10 rings (SSSR count). The molecule has 0 spiro atoms. The molecule has 1 heterocycles. The van der Waals surface area contributed by atoms with E-state index in [1.165, 1.54) is 49.4 Å². The molecule has 9 aromatic carbocycles. The second kappa shape index (κ2) is 12.5. The molecule has 244 valence electrons. The molecule has 2 nitrogen and oxygen atoms in total. The summed E-state index contributed by atoms with van der Waals surface area (Å²) in [6, 6.07) is 71.7. The van der Waals surface area contributed by atoms with E-state index in [9.17, 15) is 0 Å². The van der Waals surface area contributed by atoms with Gasteiger partial charge in [-0.15, -0.1) is 0 Å². The molecule has 0 aliphatic rings. The van der Waals surface area contributed by atoms with Crippen LogP contribution in [0.3, 0.4) is 0 Å². The number of rotatable bonds is 6. The Morgan fingerprint density at radius 1 is 0.327 bits per heavy atom. The molecule has 52 heavy (non-hydrogen) atoms. The van der Waals surface area contributed by atoms with Crippen LogP contribution in [0.25, 0.3) is 76.9 Å². The second-order valence-corrected chi connectivity index (χ2v) is 13.3. The first-order valence-electron chi connectivity index (χ1n) is 17.8. The van der Waals surface area contributed by atoms with E-state index in [0.717, 1.165) is 44.6 Å². The van der Waals surface area contributed by atoms with Gasteiger partial charge in [-0.3, -0.25) is 0 Å². The van der Waals surface area contributed by atoms with Crippen LogP contribution in [-0.2, 0) is 0 Å². The molecule has 0 amide bonds. The molecular weight excluding hydrogens is 631 g/mol. The van der Waals surface area contributed by atoms with E-state index >= 15 is 0 Å². The highest BCUT2D eigenvalue weighted by atomic mass is 16.3. The van der Waals surface area contributed by atoms with E-state index in [1.807, 2.05) is 6.07 Å². The summed E-state index contributed by atoms with van der Waals surface area (Å²) in [6.45, 7) is 0. The highest BCUT2D eigenvalue weighted by Gasteiger charge is 2.23. The highest BCUT2D eigenvalue weighted by molar-refractivity contribution is 6.15. The lowest BCUT2D eigenvalue weighted by molar-refractivity contribution is 0.669. The zero-order valence-corrected chi connectivity index (χ0v) is 28.4. The monoisotopic (exact) mass is 663 g/mol. The van der Waals surface area contributed by atoms with Crippen LogP contribution in [0.5, 0.6) is 0 Å². The molecule has 0 N–H and O–H groups in total. The van der Waals surface area contributed by atoms with Crippen molar-refractivity contribution in [2.75, 3.05) is 4.90 Å². The van der Waals surface area contributed by atoms with Crippen LogP contribution >= 0.6 is 0 Å². The standard InChI is InChI=1S/C50H33NO/c1-2-15-34(16-3-1)39-19-6-7-20-41(39)42-21-8-9-22-43(42)44-23-10-12-25-46(44)51(47-26-14-28-49-50(47)45-24-11-13-27-48(45)52-49)37-31-32-40-36(33-37)30-29-35-17-4-5-18-38(35)40/h1-33H. The maximum atomic E-state index is 6.45. The van der Waals surface area contributed by atoms with Gasteiger partial charge in [0.05, 0.1) is 16.8 Å². The van der Waals surface area contributed by atoms with E-state index in [0.29, 0.717) is 0 Å². The molecule has 0 saturated carbocycles. The van der Waals surface area contributed by atoms with E-state index in [2.05, 4.69) is 199 Å². The lowest BCUT2D eigenvalue weighted by atomic mass is 9.88. The minimum Gasteiger partial charge on any atom is -0.456 e. The van der Waals surface area contributed by atoms with Gasteiger partial charge in [0.1, 0.15) is 11.2 Å². The fourth-order valence-corrected chi connectivity index (χ4v) is 7.93. The van der Waals surface area contributed by atoms with Crippen LogP contribution in [0.2, 0.25) is 0 Å². The third-order valence-electron chi connectivity index (χ3n) is 10.3. The average molecular weight is 664 g/mol. The number of anilines is 3. The minimum atomic E-state index is 0.866. The smallest absolute Gasteiger partial charge is 0.137 e. The molecule has 0 aliphatic carbocycles. The normalized spacial score (nSPS) is 11.5. The van der Waals surface area contributed by atoms with Crippen molar-refractivity contribution in [3.05, 3.63) is 200 Å². The molecule has 0 atom stereocenters. The molecule has 0 radical (unpaired) electrons. The first-order valence-corrected chi connectivity index (χ1v) is 17.8. The maximum Gasteiger partial charge on any atom is 0.137 e. The van der Waals surface area contributed by atoms with Crippen LogP contribution in [0.4, 0.5) is 17.1 Å². The van der Waals surface area contributed by atoms with Crippen molar-refractivity contribution in [1.29, 1.82) is 0 Å². The quantitative estimate of drug-likeness (QED) is 0.165. The first kappa shape index (κ1) is 30.0. The minimum absolute atomic E-state index is 0.866. The average Bonchev–Trinajstić information content (AvgIpc) is 3.61. The lowest BCUT2D eigenvalue weighted by Gasteiger charge is -2.29. The summed E-state index contributed by atoms with van der Waals surface area (Å²) >= 11 is 0. The van der Waals surface area contributed by atoms with Crippen molar-refractivity contribution in [3.8, 4) is 33.4 Å². The molecule has 0 saturated heterocycles. The van der Waals surface area contributed by atoms with Crippen LogP contribution in [0, 0.1) is 0 Å². The number of benzene rings is 9. The van der Waals surface area contributed by atoms with Gasteiger partial charge in [-0.05, 0) is 85.8 Å². The second-order valence-electron chi connectivity index (χ2n) is 13.3. The fraction of sp³-hybridized carbons (Fsp3) is 0. The summed E-state index contributed by atoms with van der Waals surface area (Å²) < 4.78 is 6.45. The van der Waals surface area contributed by atoms with Crippen molar-refractivity contribution < 1.29 is 4.42 Å². The van der Waals surface area contributed by atoms with Gasteiger partial charge in [-0.1, -0.05) is 164 Å². The molecule has 10 aromatic rings. The Kier molecular flexibility index (Phi) is 7.18. The first-order chi connectivity index (χ1) is 25.8. The number of para-hydroxylation sites is 2. The number of hydrogen-bond acceptors (Lipinski definition) is 2. The van der Waals surface area contributed by atoms with E-state index < -0.39 is 0 Å². The maximum absolute atomic E-state index is 6.45. The van der Waals surface area contributed by atoms with Gasteiger partial charge in [-0.2, -0.15) is 0 Å². The van der Waals surface area contributed by atoms with Crippen LogP contribution in [0.1, 0.15) is 0 Å². The number of nitrogens with zero attached hydrogens (tertiary/aromatic N) is 1. The number of hydrogen-bond donors (Lipinski definition) is 0. The molecule has 2 heteroatoms. The Morgan fingerprint density at radius 3 is 1.71 bits per heavy atom. The van der Waals surface area contributed by atoms with Gasteiger partial charge in [0.25, 0.3) is 0 Å². The zero-order chi connectivity index (χ0) is 34.4. The van der Waals surface area contributed by atoms with E-state index in [4.69, 9.17) is 4.42 Å². The Labute approximate surface area is 302 Å². The summed E-state index contributed by atoms with van der Waals surface area (Å²) in [7, 11) is 0. The number of furan rings is 1. The third kappa shape index (κ3) is 4.96. The summed E-state index contributed by atoms with van der Waals surface area (Å²) in [6.07, 6.45) is 0. The Balaban J connectivity index is 1.25. The molecule has 0 fully saturated rings. The highest BCUT2D eigenvalue weighted by Crippen LogP contribution is 2.48. The Morgan fingerprint density at radius 2 is 0.885 bits per heavy atom. The lowest BCUT2D eigenvalue weighted by Crippen LogP contribution is -2.12. The van der Waals surface area contributed by atoms with Gasteiger partial charge in [-0.25, -0.2) is 0 Å². The summed E-state index contributed by atoms with van der Waals surface area (Å²) in [4.78, 5) is 2.42. The van der Waals surface area contributed by atoms with E-state index in [-0.39, 0.29) is 0 Å². The van der Waals surface area contributed by atoms with Gasteiger partial charge >= 0.3 is 0 Å². The van der Waals surface area contributed by atoms with Gasteiger partial charge < -0.3 is 9.32 Å². The molecule has 1 aromatic heterocycles. The van der Waals surface area contributed by atoms with Crippen molar-refractivity contribution in [3.63, 3.8) is 0 Å². The predicted molar refractivity (Wildman–Crippen MR) is 220 cm³/mol. The molecule has 0 unspecified atom stereocenters. The molecular formula is C50H33NO. The largest absolute Gasteiger partial charge is 0.456 e. The zero-order valence-electron chi connectivity index (χ0n) is 28.4. The van der Waals surface area contributed by atoms with Crippen molar-refractivity contribution >= 4 is 60.5 Å². The Bertz CT molecular complexity index is 2920. The van der Waals surface area contributed by atoms with Crippen molar-refractivity contribution in [2.24, 2.45) is 0 Å². The van der Waals surface area contributed by atoms with Gasteiger partial charge in [0.2, 0.25) is 0 Å². The SMILES string of the molecule is c1ccc(-c2ccccc2-c2ccccc2-c2ccccc2N(c2ccc3c(ccc4ccccc43)c2)c2cccc3oc4ccccc4c23)cc1. The van der Waals surface area contributed by atoms with Crippen LogP contribution in [0.15, 0.2) is 205 Å².